The molecule has 2 heterocycles. The van der Waals surface area contributed by atoms with Gasteiger partial charge in [-0.2, -0.15) is 0 Å². The fourth-order valence-corrected chi connectivity index (χ4v) is 3.51. The summed E-state index contributed by atoms with van der Waals surface area (Å²) in [6.07, 6.45) is 3.48. The maximum atomic E-state index is 11.9. The Morgan fingerprint density at radius 3 is 2.91 bits per heavy atom. The summed E-state index contributed by atoms with van der Waals surface area (Å²) in [5.41, 5.74) is 2.82. The Balaban J connectivity index is 1.23. The summed E-state index contributed by atoms with van der Waals surface area (Å²) in [6, 6.07) is 5.48. The molecule has 1 atom stereocenters. The lowest BCUT2D eigenvalue weighted by molar-refractivity contribution is 0.0521. The maximum Gasteiger partial charge on any atom is 0.315 e. The van der Waals surface area contributed by atoms with Gasteiger partial charge in [0.05, 0.1) is 0 Å². The molecular formula is C16H20N4O3. The van der Waals surface area contributed by atoms with Gasteiger partial charge in [-0.25, -0.2) is 9.42 Å². The molecule has 2 aliphatic rings. The van der Waals surface area contributed by atoms with E-state index in [1.807, 2.05) is 18.2 Å². The minimum Gasteiger partial charge on any atom is -0.381 e. The SMILES string of the molecule is O=C(NCc1ccc2nonc2c1)NCC1CC12CCOCC2. The summed E-state index contributed by atoms with van der Waals surface area (Å²) in [5.74, 6) is 0.606. The number of ether oxygens (including phenoxy) is 1. The summed E-state index contributed by atoms with van der Waals surface area (Å²) in [6.45, 7) is 2.93. The van der Waals surface area contributed by atoms with Crippen LogP contribution in [0.4, 0.5) is 4.79 Å². The van der Waals surface area contributed by atoms with Gasteiger partial charge in [0, 0.05) is 26.3 Å². The van der Waals surface area contributed by atoms with Crippen LogP contribution in [-0.2, 0) is 11.3 Å². The molecule has 1 saturated carbocycles. The van der Waals surface area contributed by atoms with Crippen LogP contribution in [0.5, 0.6) is 0 Å². The maximum absolute atomic E-state index is 11.9. The number of carbonyl (C=O) groups excluding carboxylic acids is 1. The van der Waals surface area contributed by atoms with Gasteiger partial charge in [-0.3, -0.25) is 0 Å². The van der Waals surface area contributed by atoms with Crippen LogP contribution in [0.1, 0.15) is 24.8 Å². The lowest BCUT2D eigenvalue weighted by atomic mass is 9.94. The first-order chi connectivity index (χ1) is 11.3. The standard InChI is InChI=1S/C16H20N4O3/c21-15(18-10-12-8-16(12)3-5-22-6-4-16)17-9-11-1-2-13-14(7-11)20-23-19-13/h1-2,7,12H,3-6,8-10H2,(H2,17,18,21). The first-order valence-electron chi connectivity index (χ1n) is 8.06. The van der Waals surface area contributed by atoms with E-state index in [0.717, 1.165) is 38.2 Å². The fraction of sp³-hybridized carbons (Fsp3) is 0.562. The van der Waals surface area contributed by atoms with Crippen LogP contribution in [0, 0.1) is 11.3 Å². The van der Waals surface area contributed by atoms with E-state index in [2.05, 4.69) is 25.6 Å². The highest BCUT2D eigenvalue weighted by atomic mass is 16.6. The third-order valence-electron chi connectivity index (χ3n) is 5.13. The molecule has 2 N–H and O–H groups in total. The molecule has 0 bridgehead atoms. The molecule has 1 aromatic carbocycles. The summed E-state index contributed by atoms with van der Waals surface area (Å²) >= 11 is 0. The van der Waals surface area contributed by atoms with Crippen molar-refractivity contribution in [2.45, 2.75) is 25.8 Å². The highest BCUT2D eigenvalue weighted by Gasteiger charge is 2.53. The molecule has 2 aromatic rings. The highest BCUT2D eigenvalue weighted by Crippen LogP contribution is 2.58. The molecule has 4 rings (SSSR count). The van der Waals surface area contributed by atoms with Gasteiger partial charge in [0.2, 0.25) is 0 Å². The Morgan fingerprint density at radius 2 is 2.04 bits per heavy atom. The molecule has 0 radical (unpaired) electrons. The zero-order valence-corrected chi connectivity index (χ0v) is 12.9. The van der Waals surface area contributed by atoms with E-state index in [0.29, 0.717) is 28.9 Å². The van der Waals surface area contributed by atoms with Gasteiger partial charge in [0.1, 0.15) is 11.0 Å². The van der Waals surface area contributed by atoms with Crippen LogP contribution in [0.3, 0.4) is 0 Å². The number of carbonyl (C=O) groups is 1. The Kier molecular flexibility index (Phi) is 3.65. The van der Waals surface area contributed by atoms with Gasteiger partial charge in [-0.05, 0) is 58.6 Å². The molecular weight excluding hydrogens is 296 g/mol. The zero-order chi connectivity index (χ0) is 15.7. The topological polar surface area (TPSA) is 89.3 Å². The van der Waals surface area contributed by atoms with Gasteiger partial charge in [-0.1, -0.05) is 6.07 Å². The van der Waals surface area contributed by atoms with E-state index in [-0.39, 0.29) is 6.03 Å². The first-order valence-corrected chi connectivity index (χ1v) is 8.06. The van der Waals surface area contributed by atoms with Crippen molar-refractivity contribution >= 4 is 17.1 Å². The number of amides is 2. The molecule has 122 valence electrons. The molecule has 1 aliphatic heterocycles. The van der Waals surface area contributed by atoms with Gasteiger partial charge in [-0.15, -0.1) is 0 Å². The average Bonchev–Trinajstić information content (AvgIpc) is 3.03. The predicted molar refractivity (Wildman–Crippen MR) is 82.6 cm³/mol. The van der Waals surface area contributed by atoms with Gasteiger partial charge >= 0.3 is 6.03 Å². The predicted octanol–water partition coefficient (Wildman–Crippen LogP) is 1.84. The second-order valence-electron chi connectivity index (χ2n) is 6.53. The Labute approximate surface area is 133 Å². The van der Waals surface area contributed by atoms with E-state index in [9.17, 15) is 4.79 Å². The second-order valence-corrected chi connectivity index (χ2v) is 6.53. The molecule has 1 spiro atoms. The number of fused-ring (bicyclic) bond motifs is 1. The van der Waals surface area contributed by atoms with Crippen LogP contribution in [0.25, 0.3) is 11.0 Å². The van der Waals surface area contributed by atoms with Crippen LogP contribution in [0.15, 0.2) is 22.8 Å². The lowest BCUT2D eigenvalue weighted by Gasteiger charge is -2.23. The molecule has 7 heteroatoms. The number of benzene rings is 1. The van der Waals surface area contributed by atoms with Crippen molar-refractivity contribution in [2.75, 3.05) is 19.8 Å². The molecule has 1 aliphatic carbocycles. The third kappa shape index (κ3) is 3.01. The molecule has 2 fully saturated rings. The minimum absolute atomic E-state index is 0.127. The number of aromatic nitrogens is 2. The van der Waals surface area contributed by atoms with Crippen molar-refractivity contribution in [3.8, 4) is 0 Å². The fourth-order valence-electron chi connectivity index (χ4n) is 3.51. The molecule has 23 heavy (non-hydrogen) atoms. The van der Waals surface area contributed by atoms with Gasteiger partial charge in [0.25, 0.3) is 0 Å². The summed E-state index contributed by atoms with van der Waals surface area (Å²) in [7, 11) is 0. The number of urea groups is 1. The number of hydrogen-bond donors (Lipinski definition) is 2. The first kappa shape index (κ1) is 14.4. The Morgan fingerprint density at radius 1 is 1.22 bits per heavy atom. The number of hydrogen-bond acceptors (Lipinski definition) is 5. The molecule has 7 nitrogen and oxygen atoms in total. The van der Waals surface area contributed by atoms with Crippen molar-refractivity contribution in [1.82, 2.24) is 20.9 Å². The third-order valence-corrected chi connectivity index (χ3v) is 5.13. The van der Waals surface area contributed by atoms with Crippen LogP contribution >= 0.6 is 0 Å². The number of nitrogens with one attached hydrogen (secondary N) is 2. The van der Waals surface area contributed by atoms with Gasteiger partial charge < -0.3 is 15.4 Å². The van der Waals surface area contributed by atoms with E-state index < -0.39 is 0 Å². The van der Waals surface area contributed by atoms with Crippen molar-refractivity contribution < 1.29 is 14.2 Å². The highest BCUT2D eigenvalue weighted by molar-refractivity contribution is 5.75. The zero-order valence-electron chi connectivity index (χ0n) is 12.9. The quantitative estimate of drug-likeness (QED) is 0.898. The molecule has 1 aromatic heterocycles. The second kappa shape index (κ2) is 5.81. The Bertz CT molecular complexity index is 708. The summed E-state index contributed by atoms with van der Waals surface area (Å²) in [5, 5.41) is 13.4. The number of nitrogens with zero attached hydrogens (tertiary/aromatic N) is 2. The van der Waals surface area contributed by atoms with Gasteiger partial charge in [0.15, 0.2) is 0 Å². The van der Waals surface area contributed by atoms with Crippen LogP contribution < -0.4 is 10.6 Å². The van der Waals surface area contributed by atoms with Crippen molar-refractivity contribution in [3.05, 3.63) is 23.8 Å². The monoisotopic (exact) mass is 316 g/mol. The van der Waals surface area contributed by atoms with Crippen molar-refractivity contribution in [1.29, 1.82) is 0 Å². The van der Waals surface area contributed by atoms with Crippen LogP contribution in [0.2, 0.25) is 0 Å². The van der Waals surface area contributed by atoms with E-state index in [4.69, 9.17) is 4.74 Å². The molecule has 1 saturated heterocycles. The smallest absolute Gasteiger partial charge is 0.315 e. The Hall–Kier alpha value is -2.15. The van der Waals surface area contributed by atoms with Crippen molar-refractivity contribution in [3.63, 3.8) is 0 Å². The van der Waals surface area contributed by atoms with Crippen LogP contribution in [-0.4, -0.2) is 36.1 Å². The normalized spacial score (nSPS) is 22.2. The largest absolute Gasteiger partial charge is 0.381 e. The average molecular weight is 316 g/mol. The van der Waals surface area contributed by atoms with E-state index >= 15 is 0 Å². The van der Waals surface area contributed by atoms with E-state index in [1.165, 1.54) is 6.42 Å². The summed E-state index contributed by atoms with van der Waals surface area (Å²) in [4.78, 5) is 11.9. The molecule has 2 amide bonds. The van der Waals surface area contributed by atoms with E-state index in [1.54, 1.807) is 0 Å². The van der Waals surface area contributed by atoms with Crippen molar-refractivity contribution in [2.24, 2.45) is 11.3 Å². The number of rotatable bonds is 4. The molecule has 1 unspecified atom stereocenters. The lowest BCUT2D eigenvalue weighted by Crippen LogP contribution is -2.37. The minimum atomic E-state index is -0.127. The summed E-state index contributed by atoms with van der Waals surface area (Å²) < 4.78 is 10.1.